The predicted molar refractivity (Wildman–Crippen MR) is 389 cm³/mol. The van der Waals surface area contributed by atoms with Crippen molar-refractivity contribution in [1.82, 2.24) is 0 Å². The van der Waals surface area contributed by atoms with Gasteiger partial charge in [0.1, 0.15) is 66.9 Å². The monoisotopic (exact) mass is 1330 g/mol. The van der Waals surface area contributed by atoms with Crippen molar-refractivity contribution in [2.24, 2.45) is 0 Å². The molecule has 2 fully saturated rings. The van der Waals surface area contributed by atoms with Gasteiger partial charge in [0.05, 0.1) is 43.7 Å². The summed E-state index contributed by atoms with van der Waals surface area (Å²) >= 11 is 0. The van der Waals surface area contributed by atoms with Gasteiger partial charge in [-0.3, -0.25) is 0 Å². The van der Waals surface area contributed by atoms with E-state index in [1.807, 2.05) is 0 Å². The van der Waals surface area contributed by atoms with Crippen LogP contribution in [0.4, 0.5) is 0 Å². The van der Waals surface area contributed by atoms with Gasteiger partial charge in [0.2, 0.25) is 0 Å². The lowest BCUT2D eigenvalue weighted by atomic mass is 10.1. The number of terminal acetylenes is 2. The molecular weight excluding hydrogens is 1210 g/mol. The Bertz CT molecular complexity index is 2320. The van der Waals surface area contributed by atoms with Gasteiger partial charge in [-0.1, -0.05) is 190 Å². The van der Waals surface area contributed by atoms with Crippen LogP contribution in [-0.2, 0) is 27.2 Å². The number of rotatable bonds is 23. The minimum atomic E-state index is -1.88. The van der Waals surface area contributed by atoms with Crippen molar-refractivity contribution < 1.29 is 57.8 Å². The van der Waals surface area contributed by atoms with Gasteiger partial charge in [0.15, 0.2) is 33.3 Å². The van der Waals surface area contributed by atoms with Crippen LogP contribution >= 0.6 is 0 Å². The summed E-state index contributed by atoms with van der Waals surface area (Å²) in [5.41, 5.74) is 9.81. The summed E-state index contributed by atoms with van der Waals surface area (Å²) in [6.45, 7) is 75.4. The van der Waals surface area contributed by atoms with Crippen molar-refractivity contribution in [1.29, 1.82) is 0 Å². The Morgan fingerprint density at radius 3 is 0.862 bits per heavy atom. The van der Waals surface area contributed by atoms with E-state index in [4.69, 9.17) is 45.1 Å². The number of aliphatic hydroxyl groups is 6. The zero-order valence-corrected chi connectivity index (χ0v) is 67.5. The molecular formula is C68H130O12Si7. The second-order valence-electron chi connectivity index (χ2n) is 32.3. The maximum absolute atomic E-state index is 10.1. The highest BCUT2D eigenvalue weighted by atomic mass is 28.4. The smallest absolute Gasteiger partial charge is 0.193 e. The number of ether oxygens (including phenoxy) is 2. The molecule has 19 heteroatoms. The zero-order valence-electron chi connectivity index (χ0n) is 60.5. The molecule has 0 aliphatic carbocycles. The van der Waals surface area contributed by atoms with Crippen molar-refractivity contribution >= 4 is 57.5 Å². The van der Waals surface area contributed by atoms with Gasteiger partial charge < -0.3 is 57.8 Å². The molecule has 2 unspecified atom stereocenters. The summed E-state index contributed by atoms with van der Waals surface area (Å²) in [6.07, 6.45) is 13.0. The molecule has 0 amide bonds. The molecule has 87 heavy (non-hydrogen) atoms. The topological polar surface area (TPSA) is 183 Å². The third kappa shape index (κ3) is 42.0. The summed E-state index contributed by atoms with van der Waals surface area (Å²) in [5, 5.41) is 58.3. The molecule has 0 bridgehead atoms. The molecule has 0 radical (unpaired) electrons. The van der Waals surface area contributed by atoms with Gasteiger partial charge in [0, 0.05) is 32.1 Å². The summed E-state index contributed by atoms with van der Waals surface area (Å²) in [6, 6.07) is 0. The van der Waals surface area contributed by atoms with E-state index in [1.165, 1.54) is 12.2 Å². The molecule has 0 aromatic heterocycles. The van der Waals surface area contributed by atoms with Crippen molar-refractivity contribution in [2.45, 2.75) is 320 Å². The minimum absolute atomic E-state index is 0.0100. The van der Waals surface area contributed by atoms with Crippen LogP contribution in [0.2, 0.25) is 131 Å². The Labute approximate surface area is 542 Å². The lowest BCUT2D eigenvalue weighted by Gasteiger charge is -2.38. The van der Waals surface area contributed by atoms with Crippen LogP contribution in [-0.4, -0.2) is 175 Å². The number of hydrogen-bond donors (Lipinski definition) is 6. The molecule has 6 N–H and O–H groups in total. The first-order valence-corrected chi connectivity index (χ1v) is 53.3. The van der Waals surface area contributed by atoms with E-state index in [0.717, 1.165) is 0 Å². The Morgan fingerprint density at radius 1 is 0.402 bits per heavy atom. The molecule has 2 heterocycles. The fourth-order valence-electron chi connectivity index (χ4n) is 5.91. The SMILES string of the molecule is C#C[C@@H](C[C@H](O)C1CO1)O[Si](C)(C)C(C)(C)C.C#C[C@@H](C[C@H](O)C=C)O[Si](C)(C)C(C)(C)C.C=C[C@@H](O)C[C@@H](O)C#C[Si](C)(C)C.C=C[C@@H](O)C[C@H](C#C[Si](C)(C)C)O[Si](C)(C)C(C)(C)C.CC(C)(C)[Si](C)(C)O[C@@H](C#C[Si](C)(C)C)C[C@H](O)C1CO1. The maximum Gasteiger partial charge on any atom is 0.193 e. The van der Waals surface area contributed by atoms with E-state index < -0.39 is 94.1 Å². The fraction of sp³-hybridized carbons (Fsp3) is 0.765. The first kappa shape index (κ1) is 89.3. The lowest BCUT2D eigenvalue weighted by Crippen LogP contribution is -2.44. The normalized spacial score (nSPS) is 19.0. The van der Waals surface area contributed by atoms with Crippen molar-refractivity contribution in [2.75, 3.05) is 13.2 Å². The maximum atomic E-state index is 10.1. The Morgan fingerprint density at radius 2 is 0.621 bits per heavy atom. The molecule has 2 saturated heterocycles. The highest BCUT2D eigenvalue weighted by molar-refractivity contribution is 6.84. The van der Waals surface area contributed by atoms with Gasteiger partial charge in [-0.15, -0.1) is 49.2 Å². The van der Waals surface area contributed by atoms with E-state index in [1.54, 1.807) is 6.08 Å². The highest BCUT2D eigenvalue weighted by Crippen LogP contribution is 2.41. The zero-order chi connectivity index (χ0) is 69.4. The number of aliphatic hydroxyl groups excluding tert-OH is 6. The van der Waals surface area contributed by atoms with Crippen molar-refractivity contribution in [3.8, 4) is 59.1 Å². The van der Waals surface area contributed by atoms with Gasteiger partial charge in [-0.05, 0) is 72.5 Å². The third-order valence-corrected chi connectivity index (χ3v) is 36.5. The second kappa shape index (κ2) is 37.7. The Balaban J connectivity index is -0.00000102. The fourth-order valence-corrected chi connectivity index (χ4v) is 12.6. The molecule has 0 aromatic rings. The minimum Gasteiger partial charge on any atom is -0.403 e. The van der Waals surface area contributed by atoms with Crippen LogP contribution in [0.3, 0.4) is 0 Å². The summed E-state index contributed by atoms with van der Waals surface area (Å²) in [4.78, 5) is 0. The molecule has 2 aliphatic heterocycles. The average molecular weight is 1340 g/mol. The first-order valence-electron chi connectivity index (χ1n) is 31.2. The largest absolute Gasteiger partial charge is 0.403 e. The van der Waals surface area contributed by atoms with Gasteiger partial charge >= 0.3 is 0 Å². The molecule has 0 spiro atoms. The molecule has 2 aliphatic rings. The molecule has 0 saturated carbocycles. The number of epoxide rings is 2. The van der Waals surface area contributed by atoms with Crippen LogP contribution in [0.5, 0.6) is 0 Å². The van der Waals surface area contributed by atoms with Crippen LogP contribution < -0.4 is 0 Å². The van der Waals surface area contributed by atoms with E-state index >= 15 is 0 Å². The van der Waals surface area contributed by atoms with Gasteiger partial charge in [-0.25, -0.2) is 0 Å². The Kier molecular flexibility index (Phi) is 38.7. The van der Waals surface area contributed by atoms with E-state index in [2.05, 4.69) is 260 Å². The first-order chi connectivity index (χ1) is 38.8. The summed E-state index contributed by atoms with van der Waals surface area (Å²) in [5.74, 6) is 14.6. The van der Waals surface area contributed by atoms with Crippen LogP contribution in [0.15, 0.2) is 38.0 Å². The van der Waals surface area contributed by atoms with E-state index in [-0.39, 0.29) is 63.2 Å². The van der Waals surface area contributed by atoms with E-state index in [9.17, 15) is 25.5 Å². The predicted octanol–water partition coefficient (Wildman–Crippen LogP) is 13.9. The van der Waals surface area contributed by atoms with E-state index in [0.29, 0.717) is 38.9 Å². The van der Waals surface area contributed by atoms with Crippen molar-refractivity contribution in [3.05, 3.63) is 38.0 Å². The average Bonchev–Trinajstić information content (AvgIpc) is 3.84. The van der Waals surface area contributed by atoms with Crippen LogP contribution in [0.25, 0.3) is 0 Å². The standard InChI is InChI=1S/C16H32O3Si2.C16H32O2Si2.C13H24O3Si.C13H24O2Si.C10H18O2Si/c1-16(2,3)21(7,8)19-13(9-10-20(4,5)6)11-14(17)15-12-18-15;1-10-14(17)13-15(11-12-19(5,6)7)18-20(8,9)16(2,3)4;1-7-10(8-11(14)12-9-15-12)16-17(5,6)13(2,3)4;1-8-11(14)10-12(9-2)15-16(6,7)13(3,4)5;1-5-9(11)8-10(12)6-7-13(2,3)4/h13-15,17H,11-12H2,1-8H3;10,14-15,17H,1,13H2,2-9H3;1,10-12,14H,8-9H2,2-6H3;2,8,11-12,14H,1,10H2,3-7H3;5,9-12H,1,8H2,2-4H3/t13-,14-,15?;14-,15+;10-,11-,12?;11-,12+;9-,10+/m01011/s1. The van der Waals surface area contributed by atoms with Crippen LogP contribution in [0.1, 0.15) is 115 Å². The molecule has 12 atom stereocenters. The Hall–Kier alpha value is -1.94. The lowest BCUT2D eigenvalue weighted by molar-refractivity contribution is 0.0870. The summed E-state index contributed by atoms with van der Waals surface area (Å²) in [7, 11) is -11.8. The molecule has 0 aromatic carbocycles. The van der Waals surface area contributed by atoms with Gasteiger partial charge in [-0.2, -0.15) is 0 Å². The van der Waals surface area contributed by atoms with Crippen molar-refractivity contribution in [3.63, 3.8) is 0 Å². The molecule has 12 nitrogen and oxygen atoms in total. The third-order valence-electron chi connectivity index (χ3n) is 15.9. The highest BCUT2D eigenvalue weighted by Gasteiger charge is 2.44. The quantitative estimate of drug-likeness (QED) is 0.0247. The molecule has 502 valence electrons. The number of hydrogen-bond acceptors (Lipinski definition) is 12. The van der Waals surface area contributed by atoms with Gasteiger partial charge in [0.25, 0.3) is 0 Å². The molecule has 2 rings (SSSR count). The van der Waals surface area contributed by atoms with Crippen LogP contribution in [0, 0.1) is 59.1 Å². The summed E-state index contributed by atoms with van der Waals surface area (Å²) < 4.78 is 35.1. The second-order valence-corrected chi connectivity index (χ2v) is 65.6.